The molecule has 0 bridgehead atoms. The molecule has 142 valence electrons. The third kappa shape index (κ3) is 5.68. The molecule has 1 aromatic carbocycles. The Morgan fingerprint density at radius 2 is 2.08 bits per heavy atom. The number of fused-ring (bicyclic) bond motifs is 1. The Morgan fingerprint density at radius 1 is 1.31 bits per heavy atom. The van der Waals surface area contributed by atoms with Crippen molar-refractivity contribution in [1.29, 1.82) is 0 Å². The zero-order chi connectivity index (χ0) is 19.1. The van der Waals surface area contributed by atoms with Crippen molar-refractivity contribution < 1.29 is 10.0 Å². The van der Waals surface area contributed by atoms with Gasteiger partial charge in [0.15, 0.2) is 0 Å². The van der Waals surface area contributed by atoms with Crippen LogP contribution in [0.2, 0.25) is 0 Å². The number of carbonyl (C=O) groups excluding carboxylic acids is 1. The van der Waals surface area contributed by atoms with Gasteiger partial charge in [-0.05, 0) is 56.5 Å². The lowest BCUT2D eigenvalue weighted by Crippen LogP contribution is -2.35. The molecule has 0 saturated carbocycles. The normalized spacial score (nSPS) is 12.2. The minimum Gasteiger partial charge on any atom is -0.329 e. The number of carbonyl (C=O) groups is 1. The summed E-state index contributed by atoms with van der Waals surface area (Å²) >= 11 is 0. The molecule has 0 fully saturated rings. The molecule has 2 N–H and O–H groups in total. The van der Waals surface area contributed by atoms with Crippen molar-refractivity contribution in [3.63, 3.8) is 0 Å². The maximum Gasteiger partial charge on any atom is 0.267 e. The van der Waals surface area contributed by atoms with Crippen LogP contribution in [0.3, 0.4) is 0 Å². The Hall–Kier alpha value is -2.18. The predicted octanol–water partition coefficient (Wildman–Crippen LogP) is 3.31. The van der Waals surface area contributed by atoms with Gasteiger partial charge in [0.25, 0.3) is 5.91 Å². The van der Waals surface area contributed by atoms with E-state index in [4.69, 9.17) is 5.21 Å². The number of amides is 1. The van der Waals surface area contributed by atoms with E-state index in [1.807, 2.05) is 24.5 Å². The number of benzene rings is 1. The fraction of sp³-hybridized carbons (Fsp3) is 0.500. The zero-order valence-corrected chi connectivity index (χ0v) is 16.1. The minimum absolute atomic E-state index is 0.526. The first-order valence-electron chi connectivity index (χ1n) is 9.21. The third-order valence-corrected chi connectivity index (χ3v) is 4.53. The maximum absolute atomic E-state index is 11.1. The molecule has 0 atom stereocenters. The molecule has 6 nitrogen and oxygen atoms in total. The van der Waals surface area contributed by atoms with Crippen molar-refractivity contribution in [3.8, 4) is 0 Å². The number of nitrogens with one attached hydrogen (secondary N) is 1. The molecule has 2 aromatic rings. The molecule has 0 aliphatic rings. The van der Waals surface area contributed by atoms with Crippen molar-refractivity contribution >= 4 is 23.0 Å². The fourth-order valence-electron chi connectivity index (χ4n) is 2.86. The molecule has 0 saturated heterocycles. The number of hydrogen-bond acceptors (Lipinski definition) is 4. The lowest BCUT2D eigenvalue weighted by Gasteiger charge is -2.27. The molecular formula is C20H30N4O2. The maximum atomic E-state index is 11.1. The smallest absolute Gasteiger partial charge is 0.267 e. The van der Waals surface area contributed by atoms with Crippen LogP contribution in [0.25, 0.3) is 17.1 Å². The molecular weight excluding hydrogens is 328 g/mol. The van der Waals surface area contributed by atoms with Crippen LogP contribution >= 0.6 is 0 Å². The summed E-state index contributed by atoms with van der Waals surface area (Å²) in [4.78, 5) is 18.1. The van der Waals surface area contributed by atoms with E-state index in [1.54, 1.807) is 11.6 Å². The quantitative estimate of drug-likeness (QED) is 0.410. The highest BCUT2D eigenvalue weighted by Gasteiger charge is 2.11. The van der Waals surface area contributed by atoms with Gasteiger partial charge in [-0.3, -0.25) is 14.9 Å². The largest absolute Gasteiger partial charge is 0.329 e. The fourth-order valence-corrected chi connectivity index (χ4v) is 2.86. The SMILES string of the molecule is CC(C)CCN(CCn1cnc2cc(C=CC(=O)NO)ccc21)C(C)C. The van der Waals surface area contributed by atoms with Crippen molar-refractivity contribution in [2.75, 3.05) is 13.1 Å². The number of rotatable bonds is 9. The van der Waals surface area contributed by atoms with Gasteiger partial charge >= 0.3 is 0 Å². The topological polar surface area (TPSA) is 70.4 Å². The molecule has 0 aliphatic carbocycles. The Bertz CT molecular complexity index is 749. The summed E-state index contributed by atoms with van der Waals surface area (Å²) in [6.07, 6.45) is 6.02. The van der Waals surface area contributed by atoms with Crippen LogP contribution in [0, 0.1) is 5.92 Å². The highest BCUT2D eigenvalue weighted by Crippen LogP contribution is 2.16. The minimum atomic E-state index is -0.550. The summed E-state index contributed by atoms with van der Waals surface area (Å²) < 4.78 is 2.17. The van der Waals surface area contributed by atoms with Crippen molar-refractivity contribution in [1.82, 2.24) is 19.9 Å². The number of imidazole rings is 1. The van der Waals surface area contributed by atoms with Gasteiger partial charge in [-0.15, -0.1) is 0 Å². The van der Waals surface area contributed by atoms with Crippen LogP contribution in [0.4, 0.5) is 0 Å². The molecule has 0 aliphatic heterocycles. The van der Waals surface area contributed by atoms with E-state index >= 15 is 0 Å². The van der Waals surface area contributed by atoms with Gasteiger partial charge < -0.3 is 4.57 Å². The van der Waals surface area contributed by atoms with Gasteiger partial charge in [-0.1, -0.05) is 19.9 Å². The second-order valence-electron chi connectivity index (χ2n) is 7.31. The lowest BCUT2D eigenvalue weighted by molar-refractivity contribution is -0.124. The molecule has 1 heterocycles. The van der Waals surface area contributed by atoms with E-state index in [1.165, 1.54) is 12.5 Å². The van der Waals surface area contributed by atoms with Crippen LogP contribution in [0.1, 0.15) is 39.7 Å². The van der Waals surface area contributed by atoms with E-state index in [9.17, 15) is 4.79 Å². The summed E-state index contributed by atoms with van der Waals surface area (Å²) in [6.45, 7) is 12.0. The second-order valence-corrected chi connectivity index (χ2v) is 7.31. The van der Waals surface area contributed by atoms with E-state index in [0.29, 0.717) is 12.0 Å². The monoisotopic (exact) mass is 358 g/mol. The van der Waals surface area contributed by atoms with E-state index in [0.717, 1.165) is 36.2 Å². The number of nitrogens with zero attached hydrogens (tertiary/aromatic N) is 3. The van der Waals surface area contributed by atoms with Crippen LogP contribution in [-0.2, 0) is 11.3 Å². The molecule has 0 radical (unpaired) electrons. The number of hydroxylamine groups is 1. The molecule has 0 unspecified atom stereocenters. The Kier molecular flexibility index (Phi) is 7.36. The first-order valence-corrected chi connectivity index (χ1v) is 9.21. The molecule has 1 amide bonds. The van der Waals surface area contributed by atoms with Crippen LogP contribution < -0.4 is 5.48 Å². The molecule has 1 aromatic heterocycles. The van der Waals surface area contributed by atoms with Crippen molar-refractivity contribution in [2.24, 2.45) is 5.92 Å². The summed E-state index contributed by atoms with van der Waals surface area (Å²) in [5, 5.41) is 8.53. The Balaban J connectivity index is 2.06. The average Bonchev–Trinajstić information content (AvgIpc) is 3.01. The summed E-state index contributed by atoms with van der Waals surface area (Å²) in [7, 11) is 0. The Labute approximate surface area is 155 Å². The zero-order valence-electron chi connectivity index (χ0n) is 16.1. The summed E-state index contributed by atoms with van der Waals surface area (Å²) in [6, 6.07) is 6.43. The average molecular weight is 358 g/mol. The summed E-state index contributed by atoms with van der Waals surface area (Å²) in [5.41, 5.74) is 4.43. The van der Waals surface area contributed by atoms with Crippen LogP contribution in [0.5, 0.6) is 0 Å². The third-order valence-electron chi connectivity index (χ3n) is 4.53. The molecule has 0 spiro atoms. The first-order chi connectivity index (χ1) is 12.4. The van der Waals surface area contributed by atoms with Crippen molar-refractivity contribution in [3.05, 3.63) is 36.2 Å². The predicted molar refractivity (Wildman–Crippen MR) is 105 cm³/mol. The molecule has 2 rings (SSSR count). The van der Waals surface area contributed by atoms with Crippen LogP contribution in [0.15, 0.2) is 30.6 Å². The van der Waals surface area contributed by atoms with Gasteiger partial charge in [0.05, 0.1) is 17.4 Å². The van der Waals surface area contributed by atoms with Crippen LogP contribution in [-0.4, -0.2) is 44.7 Å². The highest BCUT2D eigenvalue weighted by atomic mass is 16.5. The highest BCUT2D eigenvalue weighted by molar-refractivity contribution is 5.91. The van der Waals surface area contributed by atoms with Gasteiger partial charge in [0.2, 0.25) is 0 Å². The Morgan fingerprint density at radius 3 is 2.73 bits per heavy atom. The van der Waals surface area contributed by atoms with E-state index in [-0.39, 0.29) is 0 Å². The first kappa shape index (κ1) is 20.1. The second kappa shape index (κ2) is 9.50. The van der Waals surface area contributed by atoms with Crippen molar-refractivity contribution in [2.45, 2.75) is 46.7 Å². The van der Waals surface area contributed by atoms with Gasteiger partial charge in [-0.2, -0.15) is 0 Å². The molecule has 6 heteroatoms. The molecule has 26 heavy (non-hydrogen) atoms. The standard InChI is InChI=1S/C20H30N4O2/c1-15(2)9-10-23(16(3)4)11-12-24-14-21-18-13-17(5-7-19(18)24)6-8-20(25)22-26/h5-8,13-16,26H,9-12H2,1-4H3,(H,22,25). The number of hydrogen-bond donors (Lipinski definition) is 2. The number of aromatic nitrogens is 2. The van der Waals surface area contributed by atoms with Gasteiger partial charge in [-0.25, -0.2) is 10.5 Å². The lowest BCUT2D eigenvalue weighted by atomic mass is 10.1. The van der Waals surface area contributed by atoms with Gasteiger partial charge in [0.1, 0.15) is 0 Å². The van der Waals surface area contributed by atoms with E-state index < -0.39 is 5.91 Å². The summed E-state index contributed by atoms with van der Waals surface area (Å²) in [5.74, 6) is 0.163. The van der Waals surface area contributed by atoms with E-state index in [2.05, 4.69) is 42.1 Å². The van der Waals surface area contributed by atoms with Gasteiger partial charge in [0, 0.05) is 25.2 Å².